The summed E-state index contributed by atoms with van der Waals surface area (Å²) in [5.74, 6) is -0.321. The largest absolute Gasteiger partial charge is 0.440 e. The number of allylic oxidation sites excluding steroid dienone is 1. The number of hydrogen-bond donors (Lipinski definition) is 1. The van der Waals surface area contributed by atoms with Crippen LogP contribution in [0.1, 0.15) is 27.4 Å². The predicted octanol–water partition coefficient (Wildman–Crippen LogP) is 5.43. The third kappa shape index (κ3) is 3.71. The van der Waals surface area contributed by atoms with Gasteiger partial charge in [0.15, 0.2) is 0 Å². The Kier molecular flexibility index (Phi) is 5.37. The smallest absolute Gasteiger partial charge is 0.343 e. The zero-order valence-corrected chi connectivity index (χ0v) is 16.9. The van der Waals surface area contributed by atoms with Gasteiger partial charge in [-0.3, -0.25) is 0 Å². The highest BCUT2D eigenvalue weighted by molar-refractivity contribution is 6.42. The highest BCUT2D eigenvalue weighted by Gasteiger charge is 2.31. The fourth-order valence-corrected chi connectivity index (χ4v) is 3.58. The number of nitriles is 1. The maximum atomic E-state index is 12.3. The van der Waals surface area contributed by atoms with Crippen molar-refractivity contribution in [2.45, 2.75) is 5.92 Å². The molecule has 148 valence electrons. The van der Waals surface area contributed by atoms with E-state index in [1.54, 1.807) is 60.7 Å². The molecule has 0 bridgehead atoms. The molecule has 2 N–H and O–H groups in total. The summed E-state index contributed by atoms with van der Waals surface area (Å²) >= 11 is 12.2. The van der Waals surface area contributed by atoms with Gasteiger partial charge in [-0.15, -0.1) is 0 Å². The van der Waals surface area contributed by atoms with Crippen molar-refractivity contribution in [2.24, 2.45) is 5.73 Å². The van der Waals surface area contributed by atoms with E-state index in [1.165, 1.54) is 0 Å². The van der Waals surface area contributed by atoms with Gasteiger partial charge >= 0.3 is 5.97 Å². The number of benzene rings is 3. The van der Waals surface area contributed by atoms with Crippen molar-refractivity contribution in [2.75, 3.05) is 0 Å². The van der Waals surface area contributed by atoms with E-state index in [9.17, 15) is 10.1 Å². The summed E-state index contributed by atoms with van der Waals surface area (Å²) < 4.78 is 11.1. The summed E-state index contributed by atoms with van der Waals surface area (Å²) in [6, 6.07) is 20.8. The molecule has 30 heavy (non-hydrogen) atoms. The third-order valence-electron chi connectivity index (χ3n) is 4.69. The number of carbonyl (C=O) groups is 1. The molecule has 5 nitrogen and oxygen atoms in total. The summed E-state index contributed by atoms with van der Waals surface area (Å²) in [6.45, 7) is 0. The molecular weight excluding hydrogens is 423 g/mol. The average molecular weight is 437 g/mol. The lowest BCUT2D eigenvalue weighted by molar-refractivity contribution is 0.0734. The Morgan fingerprint density at radius 3 is 2.50 bits per heavy atom. The Hall–Kier alpha value is -3.46. The van der Waals surface area contributed by atoms with Gasteiger partial charge in [-0.05, 0) is 35.9 Å². The van der Waals surface area contributed by atoms with Crippen LogP contribution >= 0.6 is 23.2 Å². The molecular formula is C23H14Cl2N2O3. The second kappa shape index (κ2) is 8.11. The number of nitrogens with zero attached hydrogens (tertiary/aromatic N) is 1. The molecule has 0 amide bonds. The number of ether oxygens (including phenoxy) is 2. The lowest BCUT2D eigenvalue weighted by Gasteiger charge is -2.27. The quantitative estimate of drug-likeness (QED) is 0.436. The first-order valence-electron chi connectivity index (χ1n) is 8.91. The van der Waals surface area contributed by atoms with E-state index in [2.05, 4.69) is 6.07 Å². The third-order valence-corrected chi connectivity index (χ3v) is 5.43. The van der Waals surface area contributed by atoms with Gasteiger partial charge in [0, 0.05) is 11.6 Å². The Morgan fingerprint density at radius 2 is 1.80 bits per heavy atom. The van der Waals surface area contributed by atoms with Crippen LogP contribution in [0.15, 0.2) is 78.2 Å². The topological polar surface area (TPSA) is 85.3 Å². The number of halogens is 2. The summed E-state index contributed by atoms with van der Waals surface area (Å²) in [7, 11) is 0. The molecule has 1 heterocycles. The average Bonchev–Trinajstić information content (AvgIpc) is 2.75. The van der Waals surface area contributed by atoms with E-state index in [-0.39, 0.29) is 11.5 Å². The minimum absolute atomic E-state index is 0.0207. The molecule has 0 spiro atoms. The summed E-state index contributed by atoms with van der Waals surface area (Å²) in [4.78, 5) is 12.3. The van der Waals surface area contributed by atoms with E-state index in [4.69, 9.17) is 38.4 Å². The first kappa shape index (κ1) is 19.8. The molecule has 1 atom stereocenters. The molecule has 1 unspecified atom stereocenters. The van der Waals surface area contributed by atoms with Crippen molar-refractivity contribution < 1.29 is 14.3 Å². The standard InChI is InChI=1S/C23H14Cl2N2O3/c24-18-9-6-14(10-19(18)25)21-16-8-7-15(11-20(16)30-22(27)17(21)12-26)29-23(28)13-4-2-1-3-5-13/h1-11,21H,27H2. The first-order chi connectivity index (χ1) is 14.5. The van der Waals surface area contributed by atoms with Gasteiger partial charge in [0.05, 0.1) is 21.5 Å². The van der Waals surface area contributed by atoms with Gasteiger partial charge in [-0.2, -0.15) is 5.26 Å². The van der Waals surface area contributed by atoms with Gasteiger partial charge < -0.3 is 15.2 Å². The second-order valence-electron chi connectivity index (χ2n) is 6.55. The molecule has 3 aromatic rings. The van der Waals surface area contributed by atoms with E-state index in [0.29, 0.717) is 32.7 Å². The van der Waals surface area contributed by atoms with E-state index in [0.717, 1.165) is 5.56 Å². The zero-order valence-electron chi connectivity index (χ0n) is 15.4. The minimum Gasteiger partial charge on any atom is -0.440 e. The van der Waals surface area contributed by atoms with Crippen molar-refractivity contribution in [3.63, 3.8) is 0 Å². The van der Waals surface area contributed by atoms with Gasteiger partial charge in [0.1, 0.15) is 23.1 Å². The van der Waals surface area contributed by atoms with Crippen LogP contribution in [-0.4, -0.2) is 5.97 Å². The molecule has 0 saturated carbocycles. The lowest BCUT2D eigenvalue weighted by atomic mass is 9.83. The van der Waals surface area contributed by atoms with E-state index < -0.39 is 11.9 Å². The van der Waals surface area contributed by atoms with Crippen molar-refractivity contribution in [1.82, 2.24) is 0 Å². The molecule has 7 heteroatoms. The number of carbonyl (C=O) groups excluding carboxylic acids is 1. The maximum absolute atomic E-state index is 12.3. The normalized spacial score (nSPS) is 15.0. The zero-order chi connectivity index (χ0) is 21.3. The molecule has 0 radical (unpaired) electrons. The van der Waals surface area contributed by atoms with Crippen LogP contribution in [0, 0.1) is 11.3 Å². The molecule has 1 aliphatic heterocycles. The summed E-state index contributed by atoms with van der Waals surface area (Å²) in [5.41, 5.74) is 8.13. The molecule has 4 rings (SSSR count). The minimum atomic E-state index is -0.493. The highest BCUT2D eigenvalue weighted by Crippen LogP contribution is 2.44. The fourth-order valence-electron chi connectivity index (χ4n) is 3.27. The number of nitrogens with two attached hydrogens (primary N) is 1. The number of fused-ring (bicyclic) bond motifs is 1. The predicted molar refractivity (Wildman–Crippen MR) is 114 cm³/mol. The maximum Gasteiger partial charge on any atom is 0.343 e. The Morgan fingerprint density at radius 1 is 1.03 bits per heavy atom. The number of rotatable bonds is 3. The van der Waals surface area contributed by atoms with Crippen LogP contribution < -0.4 is 15.2 Å². The molecule has 0 aliphatic carbocycles. The molecule has 0 fully saturated rings. The van der Waals surface area contributed by atoms with Crippen molar-refractivity contribution in [3.05, 3.63) is 105 Å². The Bertz CT molecular complexity index is 1220. The van der Waals surface area contributed by atoms with Crippen LogP contribution in [0.4, 0.5) is 0 Å². The van der Waals surface area contributed by atoms with Gasteiger partial charge in [-0.1, -0.05) is 53.5 Å². The number of esters is 1. The van der Waals surface area contributed by atoms with Crippen LogP contribution in [0.25, 0.3) is 0 Å². The van der Waals surface area contributed by atoms with E-state index >= 15 is 0 Å². The van der Waals surface area contributed by atoms with Crippen molar-refractivity contribution >= 4 is 29.2 Å². The van der Waals surface area contributed by atoms with Crippen LogP contribution in [0.2, 0.25) is 10.0 Å². The first-order valence-corrected chi connectivity index (χ1v) is 9.67. The van der Waals surface area contributed by atoms with Crippen LogP contribution in [0.5, 0.6) is 11.5 Å². The molecule has 3 aromatic carbocycles. The number of hydrogen-bond acceptors (Lipinski definition) is 5. The Labute approximate surface area is 182 Å². The van der Waals surface area contributed by atoms with Gasteiger partial charge in [-0.25, -0.2) is 4.79 Å². The molecule has 0 saturated heterocycles. The highest BCUT2D eigenvalue weighted by atomic mass is 35.5. The van der Waals surface area contributed by atoms with Gasteiger partial charge in [0.2, 0.25) is 5.88 Å². The Balaban J connectivity index is 1.72. The molecule has 1 aliphatic rings. The van der Waals surface area contributed by atoms with Crippen molar-refractivity contribution in [3.8, 4) is 17.6 Å². The lowest BCUT2D eigenvalue weighted by Crippen LogP contribution is -2.21. The summed E-state index contributed by atoms with van der Waals surface area (Å²) in [5, 5.41) is 10.4. The summed E-state index contributed by atoms with van der Waals surface area (Å²) in [6.07, 6.45) is 0. The van der Waals surface area contributed by atoms with Crippen LogP contribution in [-0.2, 0) is 0 Å². The van der Waals surface area contributed by atoms with Crippen molar-refractivity contribution in [1.29, 1.82) is 5.26 Å². The SMILES string of the molecule is N#CC1=C(N)Oc2cc(OC(=O)c3ccccc3)ccc2C1c1ccc(Cl)c(Cl)c1. The second-order valence-corrected chi connectivity index (χ2v) is 7.37. The van der Waals surface area contributed by atoms with Crippen LogP contribution in [0.3, 0.4) is 0 Å². The fraction of sp³-hybridized carbons (Fsp3) is 0.0435. The van der Waals surface area contributed by atoms with Gasteiger partial charge in [0.25, 0.3) is 0 Å². The van der Waals surface area contributed by atoms with E-state index in [1.807, 2.05) is 6.07 Å². The molecule has 0 aromatic heterocycles. The monoisotopic (exact) mass is 436 g/mol.